The summed E-state index contributed by atoms with van der Waals surface area (Å²) in [4.78, 5) is 29.6. The standard InChI is InChI=1S/C15H16N2O3S2/c1-2-3-6-11(14(19)20)17-13(18)12(22-15(17)21)8-10-5-4-7-16-9-10/h4-5,7-9,11H,2-3,6H2,1H3,(H,19,20)/b12-8-. The first-order valence-corrected chi connectivity index (χ1v) is 8.17. The van der Waals surface area contributed by atoms with Crippen LogP contribution in [0.5, 0.6) is 0 Å². The summed E-state index contributed by atoms with van der Waals surface area (Å²) < 4.78 is 0.295. The number of hydrogen-bond donors (Lipinski definition) is 1. The minimum absolute atomic E-state index is 0.295. The van der Waals surface area contributed by atoms with Crippen LogP contribution in [0.4, 0.5) is 0 Å². The Labute approximate surface area is 138 Å². The number of carbonyl (C=O) groups excluding carboxylic acids is 1. The van der Waals surface area contributed by atoms with E-state index in [1.807, 2.05) is 13.0 Å². The molecule has 1 aliphatic rings. The molecular weight excluding hydrogens is 320 g/mol. The summed E-state index contributed by atoms with van der Waals surface area (Å²) in [7, 11) is 0. The quantitative estimate of drug-likeness (QED) is 0.636. The first kappa shape index (κ1) is 16.6. The number of nitrogens with zero attached hydrogens (tertiary/aromatic N) is 2. The second kappa shape index (κ2) is 7.51. The molecule has 116 valence electrons. The molecule has 2 rings (SSSR count). The van der Waals surface area contributed by atoms with Gasteiger partial charge in [-0.25, -0.2) is 4.79 Å². The van der Waals surface area contributed by atoms with Gasteiger partial charge in [0.15, 0.2) is 0 Å². The van der Waals surface area contributed by atoms with Crippen LogP contribution in [0.15, 0.2) is 29.4 Å². The lowest BCUT2D eigenvalue weighted by atomic mass is 10.1. The molecule has 1 saturated heterocycles. The highest BCUT2D eigenvalue weighted by Gasteiger charge is 2.40. The van der Waals surface area contributed by atoms with E-state index in [0.717, 1.165) is 30.2 Å². The lowest BCUT2D eigenvalue weighted by molar-refractivity contribution is -0.145. The summed E-state index contributed by atoms with van der Waals surface area (Å²) in [6.45, 7) is 1.98. The Bertz CT molecular complexity index is 616. The summed E-state index contributed by atoms with van der Waals surface area (Å²) in [5.74, 6) is -1.37. The molecular formula is C15H16N2O3S2. The molecule has 1 aromatic heterocycles. The van der Waals surface area contributed by atoms with Crippen molar-refractivity contribution < 1.29 is 14.7 Å². The van der Waals surface area contributed by atoms with Gasteiger partial charge in [-0.1, -0.05) is 49.8 Å². The predicted molar refractivity (Wildman–Crippen MR) is 90.2 cm³/mol. The number of unbranched alkanes of at least 4 members (excludes halogenated alkanes) is 1. The average Bonchev–Trinajstić information content (AvgIpc) is 2.76. The highest BCUT2D eigenvalue weighted by molar-refractivity contribution is 8.26. The van der Waals surface area contributed by atoms with E-state index in [-0.39, 0.29) is 5.91 Å². The van der Waals surface area contributed by atoms with Gasteiger partial charge >= 0.3 is 5.97 Å². The van der Waals surface area contributed by atoms with E-state index in [9.17, 15) is 14.7 Å². The van der Waals surface area contributed by atoms with E-state index in [2.05, 4.69) is 4.98 Å². The third-order valence-electron chi connectivity index (χ3n) is 3.23. The summed E-state index contributed by atoms with van der Waals surface area (Å²) >= 11 is 6.34. The normalized spacial score (nSPS) is 18.0. The van der Waals surface area contributed by atoms with Crippen molar-refractivity contribution in [3.8, 4) is 0 Å². The van der Waals surface area contributed by atoms with Crippen LogP contribution in [-0.4, -0.2) is 37.2 Å². The molecule has 1 unspecified atom stereocenters. The fourth-order valence-corrected chi connectivity index (χ4v) is 3.48. The topological polar surface area (TPSA) is 70.5 Å². The van der Waals surface area contributed by atoms with E-state index < -0.39 is 12.0 Å². The van der Waals surface area contributed by atoms with Crippen LogP contribution in [0.2, 0.25) is 0 Å². The van der Waals surface area contributed by atoms with Gasteiger partial charge < -0.3 is 5.11 Å². The Balaban J connectivity index is 2.24. The molecule has 1 atom stereocenters. The monoisotopic (exact) mass is 336 g/mol. The molecule has 0 aliphatic carbocycles. The molecule has 1 N–H and O–H groups in total. The van der Waals surface area contributed by atoms with Gasteiger partial charge in [0.25, 0.3) is 5.91 Å². The third-order valence-corrected chi connectivity index (χ3v) is 4.56. The molecule has 0 bridgehead atoms. The van der Waals surface area contributed by atoms with E-state index >= 15 is 0 Å². The number of carbonyl (C=O) groups is 2. The number of carboxylic acid groups (broad SMARTS) is 1. The van der Waals surface area contributed by atoms with Crippen LogP contribution in [0.1, 0.15) is 31.7 Å². The molecule has 1 fully saturated rings. The van der Waals surface area contributed by atoms with Crippen LogP contribution in [-0.2, 0) is 9.59 Å². The molecule has 22 heavy (non-hydrogen) atoms. The first-order valence-electron chi connectivity index (χ1n) is 6.94. The number of carboxylic acids is 1. The summed E-state index contributed by atoms with van der Waals surface area (Å²) in [5, 5.41) is 9.38. The van der Waals surface area contributed by atoms with E-state index in [0.29, 0.717) is 15.6 Å². The van der Waals surface area contributed by atoms with Gasteiger partial charge in [0.05, 0.1) is 4.91 Å². The lowest BCUT2D eigenvalue weighted by Crippen LogP contribution is -2.43. The molecule has 7 heteroatoms. The Morgan fingerprint density at radius 1 is 1.59 bits per heavy atom. The maximum Gasteiger partial charge on any atom is 0.326 e. The Morgan fingerprint density at radius 2 is 2.36 bits per heavy atom. The molecule has 1 aromatic rings. The van der Waals surface area contributed by atoms with Crippen molar-refractivity contribution in [3.05, 3.63) is 35.0 Å². The van der Waals surface area contributed by atoms with E-state index in [1.165, 1.54) is 4.90 Å². The fourth-order valence-electron chi connectivity index (χ4n) is 2.12. The van der Waals surface area contributed by atoms with Gasteiger partial charge in [-0.2, -0.15) is 0 Å². The van der Waals surface area contributed by atoms with Gasteiger partial charge in [-0.05, 0) is 24.1 Å². The molecule has 1 aliphatic heterocycles. The third kappa shape index (κ3) is 3.72. The number of pyridine rings is 1. The van der Waals surface area contributed by atoms with Crippen LogP contribution in [0.3, 0.4) is 0 Å². The SMILES string of the molecule is CCCCC(C(=O)O)N1C(=O)/C(=C/c2cccnc2)SC1=S. The van der Waals surface area contributed by atoms with Crippen molar-refractivity contribution in [1.82, 2.24) is 9.88 Å². The van der Waals surface area contributed by atoms with Gasteiger partial charge in [0.1, 0.15) is 10.4 Å². The zero-order valence-corrected chi connectivity index (χ0v) is 13.7. The number of thioether (sulfide) groups is 1. The zero-order valence-electron chi connectivity index (χ0n) is 12.1. The second-order valence-electron chi connectivity index (χ2n) is 4.83. The van der Waals surface area contributed by atoms with Crippen molar-refractivity contribution in [2.45, 2.75) is 32.2 Å². The highest BCUT2D eigenvalue weighted by atomic mass is 32.2. The first-order chi connectivity index (χ1) is 10.5. The number of rotatable bonds is 6. The Kier molecular flexibility index (Phi) is 5.68. The van der Waals surface area contributed by atoms with Gasteiger partial charge in [-0.15, -0.1) is 0 Å². The minimum Gasteiger partial charge on any atom is -0.480 e. The van der Waals surface area contributed by atoms with Gasteiger partial charge in [0, 0.05) is 12.4 Å². The van der Waals surface area contributed by atoms with E-state index in [4.69, 9.17) is 12.2 Å². The van der Waals surface area contributed by atoms with E-state index in [1.54, 1.807) is 24.5 Å². The van der Waals surface area contributed by atoms with Crippen molar-refractivity contribution in [2.75, 3.05) is 0 Å². The summed E-state index contributed by atoms with van der Waals surface area (Å²) in [5.41, 5.74) is 0.781. The van der Waals surface area contributed by atoms with Crippen molar-refractivity contribution >= 4 is 46.3 Å². The van der Waals surface area contributed by atoms with Crippen LogP contribution < -0.4 is 0 Å². The zero-order chi connectivity index (χ0) is 16.1. The van der Waals surface area contributed by atoms with Crippen molar-refractivity contribution in [1.29, 1.82) is 0 Å². The Morgan fingerprint density at radius 3 is 2.95 bits per heavy atom. The molecule has 0 spiro atoms. The van der Waals surface area contributed by atoms with Crippen LogP contribution in [0.25, 0.3) is 6.08 Å². The molecule has 1 amide bonds. The maximum absolute atomic E-state index is 12.5. The van der Waals surface area contributed by atoms with Crippen LogP contribution in [0, 0.1) is 0 Å². The number of hydrogen-bond acceptors (Lipinski definition) is 5. The van der Waals surface area contributed by atoms with Crippen molar-refractivity contribution in [2.24, 2.45) is 0 Å². The molecule has 2 heterocycles. The van der Waals surface area contributed by atoms with Crippen molar-refractivity contribution in [3.63, 3.8) is 0 Å². The minimum atomic E-state index is -1.02. The summed E-state index contributed by atoms with van der Waals surface area (Å²) in [6, 6.07) is 2.70. The number of aromatic nitrogens is 1. The molecule has 0 saturated carbocycles. The predicted octanol–water partition coefficient (Wildman–Crippen LogP) is 2.93. The molecule has 0 radical (unpaired) electrons. The second-order valence-corrected chi connectivity index (χ2v) is 6.51. The number of aliphatic carboxylic acids is 1. The Hall–Kier alpha value is -1.73. The molecule has 0 aromatic carbocycles. The molecule has 5 nitrogen and oxygen atoms in total. The van der Waals surface area contributed by atoms with Crippen LogP contribution >= 0.6 is 24.0 Å². The van der Waals surface area contributed by atoms with Gasteiger partial charge in [-0.3, -0.25) is 14.7 Å². The summed E-state index contributed by atoms with van der Waals surface area (Å²) in [6.07, 6.45) is 6.97. The largest absolute Gasteiger partial charge is 0.480 e. The fraction of sp³-hybridized carbons (Fsp3) is 0.333. The number of thiocarbonyl (C=S) groups is 1. The maximum atomic E-state index is 12.5. The number of amides is 1. The lowest BCUT2D eigenvalue weighted by Gasteiger charge is -2.22. The average molecular weight is 336 g/mol. The van der Waals surface area contributed by atoms with Gasteiger partial charge in [0.2, 0.25) is 0 Å². The smallest absolute Gasteiger partial charge is 0.326 e. The highest BCUT2D eigenvalue weighted by Crippen LogP contribution is 2.34.